The van der Waals surface area contributed by atoms with Gasteiger partial charge < -0.3 is 5.32 Å². The van der Waals surface area contributed by atoms with Gasteiger partial charge in [0.2, 0.25) is 0 Å². The fourth-order valence-electron chi connectivity index (χ4n) is 2.38. The standard InChI is InChI=1S/C16H21F2NS/c1-4-7-19-9-14-11(8-10(2)3)15-12(17)5-6-13(18)16(15)20-14/h5-6,10,19H,4,7-9H2,1-3H3. The average Bonchev–Trinajstić information content (AvgIpc) is 2.74. The Morgan fingerprint density at radius 1 is 1.20 bits per heavy atom. The molecule has 4 heteroatoms. The molecule has 0 saturated heterocycles. The number of halogens is 2. The first-order valence-corrected chi connectivity index (χ1v) is 7.95. The summed E-state index contributed by atoms with van der Waals surface area (Å²) in [6.45, 7) is 7.91. The summed E-state index contributed by atoms with van der Waals surface area (Å²) in [7, 11) is 0. The van der Waals surface area contributed by atoms with Gasteiger partial charge in [-0.3, -0.25) is 0 Å². The van der Waals surface area contributed by atoms with E-state index in [1.807, 2.05) is 0 Å². The lowest BCUT2D eigenvalue weighted by atomic mass is 9.99. The summed E-state index contributed by atoms with van der Waals surface area (Å²) in [5.41, 5.74) is 0.973. The molecule has 0 atom stereocenters. The van der Waals surface area contributed by atoms with E-state index in [0.717, 1.165) is 29.8 Å². The molecule has 0 radical (unpaired) electrons. The number of benzene rings is 1. The molecule has 0 aliphatic rings. The van der Waals surface area contributed by atoms with E-state index < -0.39 is 0 Å². The smallest absolute Gasteiger partial charge is 0.141 e. The number of fused-ring (bicyclic) bond motifs is 1. The molecule has 1 aromatic carbocycles. The maximum absolute atomic E-state index is 14.1. The van der Waals surface area contributed by atoms with Crippen LogP contribution in [-0.2, 0) is 13.0 Å². The third-order valence-electron chi connectivity index (χ3n) is 3.25. The van der Waals surface area contributed by atoms with Gasteiger partial charge >= 0.3 is 0 Å². The molecule has 0 saturated carbocycles. The maximum Gasteiger partial charge on any atom is 0.141 e. The lowest BCUT2D eigenvalue weighted by Gasteiger charge is -2.08. The van der Waals surface area contributed by atoms with Crippen LogP contribution in [0.1, 0.15) is 37.6 Å². The molecule has 0 bridgehead atoms. The second kappa shape index (κ2) is 6.64. The minimum Gasteiger partial charge on any atom is -0.312 e. The minimum absolute atomic E-state index is 0.310. The van der Waals surface area contributed by atoms with Crippen LogP contribution in [0.5, 0.6) is 0 Å². The fourth-order valence-corrected chi connectivity index (χ4v) is 3.60. The lowest BCUT2D eigenvalue weighted by Crippen LogP contribution is -2.14. The molecule has 20 heavy (non-hydrogen) atoms. The van der Waals surface area contributed by atoms with E-state index in [4.69, 9.17) is 0 Å². The van der Waals surface area contributed by atoms with Crippen LogP contribution in [0.25, 0.3) is 10.1 Å². The Morgan fingerprint density at radius 2 is 1.90 bits per heavy atom. The summed E-state index contributed by atoms with van der Waals surface area (Å²) < 4.78 is 28.5. The van der Waals surface area contributed by atoms with E-state index in [0.29, 0.717) is 22.5 Å². The van der Waals surface area contributed by atoms with E-state index in [1.54, 1.807) is 0 Å². The molecule has 0 spiro atoms. The summed E-state index contributed by atoms with van der Waals surface area (Å²) in [4.78, 5) is 1.06. The van der Waals surface area contributed by atoms with E-state index >= 15 is 0 Å². The first kappa shape index (κ1) is 15.4. The van der Waals surface area contributed by atoms with Crippen molar-refractivity contribution in [2.24, 2.45) is 5.92 Å². The Morgan fingerprint density at radius 3 is 2.55 bits per heavy atom. The highest BCUT2D eigenvalue weighted by atomic mass is 32.1. The predicted molar refractivity (Wildman–Crippen MR) is 82.3 cm³/mol. The van der Waals surface area contributed by atoms with E-state index in [2.05, 4.69) is 26.1 Å². The van der Waals surface area contributed by atoms with Gasteiger partial charge in [0.15, 0.2) is 0 Å². The van der Waals surface area contributed by atoms with Gasteiger partial charge in [-0.15, -0.1) is 11.3 Å². The lowest BCUT2D eigenvalue weighted by molar-refractivity contribution is 0.612. The van der Waals surface area contributed by atoms with Crippen molar-refractivity contribution in [1.82, 2.24) is 5.32 Å². The third-order valence-corrected chi connectivity index (χ3v) is 4.49. The first-order chi connectivity index (χ1) is 9.54. The average molecular weight is 297 g/mol. The monoisotopic (exact) mass is 297 g/mol. The summed E-state index contributed by atoms with van der Waals surface area (Å²) in [6.07, 6.45) is 1.83. The Kier molecular flexibility index (Phi) is 5.11. The van der Waals surface area contributed by atoms with Gasteiger partial charge in [0.25, 0.3) is 0 Å². The molecular formula is C16H21F2NS. The van der Waals surface area contributed by atoms with Gasteiger partial charge in [-0.1, -0.05) is 20.8 Å². The predicted octanol–water partition coefficient (Wildman–Crippen LogP) is 4.88. The van der Waals surface area contributed by atoms with E-state index in [9.17, 15) is 8.78 Å². The molecular weight excluding hydrogens is 276 g/mol. The Labute approximate surface area is 123 Å². The molecule has 0 amide bonds. The maximum atomic E-state index is 14.1. The molecule has 1 aromatic heterocycles. The molecule has 0 fully saturated rings. The van der Waals surface area contributed by atoms with Crippen LogP contribution >= 0.6 is 11.3 Å². The number of hydrogen-bond donors (Lipinski definition) is 1. The van der Waals surface area contributed by atoms with Gasteiger partial charge in [-0.2, -0.15) is 0 Å². The molecule has 1 N–H and O–H groups in total. The van der Waals surface area contributed by atoms with E-state index in [-0.39, 0.29) is 11.6 Å². The molecule has 0 aliphatic carbocycles. The van der Waals surface area contributed by atoms with Crippen molar-refractivity contribution in [3.8, 4) is 0 Å². The molecule has 1 heterocycles. The van der Waals surface area contributed by atoms with Crippen LogP contribution in [0.15, 0.2) is 12.1 Å². The first-order valence-electron chi connectivity index (χ1n) is 7.13. The van der Waals surface area contributed by atoms with Crippen LogP contribution in [0.2, 0.25) is 0 Å². The van der Waals surface area contributed by atoms with Gasteiger partial charge in [0.1, 0.15) is 11.6 Å². The quantitative estimate of drug-likeness (QED) is 0.749. The van der Waals surface area contributed by atoms with Crippen molar-refractivity contribution in [2.45, 2.75) is 40.2 Å². The highest BCUT2D eigenvalue weighted by Crippen LogP contribution is 2.36. The highest BCUT2D eigenvalue weighted by Gasteiger charge is 2.18. The zero-order valence-corrected chi connectivity index (χ0v) is 13.0. The molecule has 0 unspecified atom stereocenters. The van der Waals surface area contributed by atoms with Gasteiger partial charge in [-0.05, 0) is 43.0 Å². The zero-order chi connectivity index (χ0) is 14.7. The van der Waals surface area contributed by atoms with Crippen LogP contribution < -0.4 is 5.32 Å². The summed E-state index contributed by atoms with van der Waals surface area (Å²) in [6, 6.07) is 2.45. The SMILES string of the molecule is CCCNCc1sc2c(F)ccc(F)c2c1CC(C)C. The Bertz CT molecular complexity index is 590. The fraction of sp³-hybridized carbons (Fsp3) is 0.500. The van der Waals surface area contributed by atoms with Crippen molar-refractivity contribution in [1.29, 1.82) is 0 Å². The summed E-state index contributed by atoms with van der Waals surface area (Å²) in [5.74, 6) is -0.214. The molecule has 2 aromatic rings. The molecule has 0 aliphatic heterocycles. The van der Waals surface area contributed by atoms with Gasteiger partial charge in [0.05, 0.1) is 4.70 Å². The third kappa shape index (κ3) is 3.18. The molecule has 110 valence electrons. The number of hydrogen-bond acceptors (Lipinski definition) is 2. The normalized spacial score (nSPS) is 11.7. The van der Waals surface area contributed by atoms with Crippen LogP contribution in [0, 0.1) is 17.6 Å². The number of rotatable bonds is 6. The van der Waals surface area contributed by atoms with Crippen LogP contribution in [-0.4, -0.2) is 6.54 Å². The zero-order valence-electron chi connectivity index (χ0n) is 12.2. The van der Waals surface area contributed by atoms with Gasteiger partial charge in [0, 0.05) is 16.8 Å². The largest absolute Gasteiger partial charge is 0.312 e. The van der Waals surface area contributed by atoms with Crippen LogP contribution in [0.4, 0.5) is 8.78 Å². The number of thiophene rings is 1. The van der Waals surface area contributed by atoms with Crippen molar-refractivity contribution < 1.29 is 8.78 Å². The molecule has 1 nitrogen and oxygen atoms in total. The molecule has 2 rings (SSSR count). The highest BCUT2D eigenvalue weighted by molar-refractivity contribution is 7.19. The van der Waals surface area contributed by atoms with Crippen molar-refractivity contribution in [3.05, 3.63) is 34.2 Å². The van der Waals surface area contributed by atoms with Gasteiger partial charge in [-0.25, -0.2) is 8.78 Å². The van der Waals surface area contributed by atoms with E-state index in [1.165, 1.54) is 23.5 Å². The minimum atomic E-state index is -0.321. The van der Waals surface area contributed by atoms with Crippen molar-refractivity contribution in [2.75, 3.05) is 6.54 Å². The Hall–Kier alpha value is -1.00. The van der Waals surface area contributed by atoms with Crippen molar-refractivity contribution >= 4 is 21.4 Å². The second-order valence-corrected chi connectivity index (χ2v) is 6.62. The Balaban J connectivity index is 2.49. The van der Waals surface area contributed by atoms with Crippen LogP contribution in [0.3, 0.4) is 0 Å². The van der Waals surface area contributed by atoms with Crippen molar-refractivity contribution in [3.63, 3.8) is 0 Å². The topological polar surface area (TPSA) is 12.0 Å². The summed E-state index contributed by atoms with van der Waals surface area (Å²) >= 11 is 1.38. The summed E-state index contributed by atoms with van der Waals surface area (Å²) in [5, 5.41) is 3.81. The second-order valence-electron chi connectivity index (χ2n) is 5.51. The number of nitrogens with one attached hydrogen (secondary N) is 1.